The van der Waals surface area contributed by atoms with Crippen LogP contribution in [0.5, 0.6) is 0 Å². The molecule has 0 spiro atoms. The Balaban J connectivity index is 2.25. The lowest BCUT2D eigenvalue weighted by atomic mass is 10.2. The van der Waals surface area contributed by atoms with Crippen LogP contribution in [-0.2, 0) is 0 Å². The van der Waals surface area contributed by atoms with Crippen LogP contribution in [0.2, 0.25) is 25.2 Å². The first-order valence-corrected chi connectivity index (χ1v) is 7.51. The van der Waals surface area contributed by atoms with Gasteiger partial charge in [0.15, 0.2) is 11.0 Å². The number of nitrogens with one attached hydrogen (secondary N) is 1. The van der Waals surface area contributed by atoms with Crippen LogP contribution >= 0.6 is 58.0 Å². The number of benzene rings is 1. The van der Waals surface area contributed by atoms with Crippen molar-refractivity contribution in [3.63, 3.8) is 0 Å². The summed E-state index contributed by atoms with van der Waals surface area (Å²) in [5.41, 5.74) is 3.24. The highest BCUT2D eigenvalue weighted by molar-refractivity contribution is 6.45. The van der Waals surface area contributed by atoms with Crippen LogP contribution in [0.4, 0.5) is 5.82 Å². The number of nitriles is 1. The third-order valence-electron chi connectivity index (χ3n) is 2.48. The van der Waals surface area contributed by atoms with Gasteiger partial charge in [-0.3, -0.25) is 5.43 Å². The number of anilines is 1. The molecular weight excluding hydrogens is 389 g/mol. The summed E-state index contributed by atoms with van der Waals surface area (Å²) < 4.78 is 0. The first-order valence-electron chi connectivity index (χ1n) is 5.62. The average Bonchev–Trinajstić information content (AvgIpc) is 2.47. The van der Waals surface area contributed by atoms with Gasteiger partial charge in [0.2, 0.25) is 0 Å². The molecule has 0 aliphatic heterocycles. The zero-order valence-corrected chi connectivity index (χ0v) is 14.3. The monoisotopic (exact) mass is 392 g/mol. The molecule has 0 atom stereocenters. The normalized spacial score (nSPS) is 10.7. The maximum Gasteiger partial charge on any atom is 0.168 e. The van der Waals surface area contributed by atoms with E-state index in [0.29, 0.717) is 15.6 Å². The van der Waals surface area contributed by atoms with Crippen molar-refractivity contribution >= 4 is 70.0 Å². The largest absolute Gasteiger partial charge is 0.260 e. The number of aromatic nitrogens is 1. The second kappa shape index (κ2) is 7.36. The van der Waals surface area contributed by atoms with E-state index in [1.807, 2.05) is 6.07 Å². The Morgan fingerprint density at radius 1 is 1.14 bits per heavy atom. The van der Waals surface area contributed by atoms with Gasteiger partial charge in [-0.15, -0.1) is 0 Å². The topological polar surface area (TPSA) is 61.1 Å². The van der Waals surface area contributed by atoms with E-state index < -0.39 is 0 Å². The minimum Gasteiger partial charge on any atom is -0.260 e. The molecule has 4 nitrogen and oxygen atoms in total. The highest BCUT2D eigenvalue weighted by Crippen LogP contribution is 2.34. The maximum absolute atomic E-state index is 8.90. The van der Waals surface area contributed by atoms with Crippen LogP contribution in [-0.4, -0.2) is 11.2 Å². The minimum atomic E-state index is -0.0703. The lowest BCUT2D eigenvalue weighted by Gasteiger charge is -2.07. The van der Waals surface area contributed by atoms with Crippen LogP contribution in [0.1, 0.15) is 11.1 Å². The summed E-state index contributed by atoms with van der Waals surface area (Å²) in [6.45, 7) is 0. The molecule has 2 rings (SSSR count). The van der Waals surface area contributed by atoms with Gasteiger partial charge in [-0.1, -0.05) is 64.1 Å². The van der Waals surface area contributed by atoms with Gasteiger partial charge in [0.1, 0.15) is 16.7 Å². The van der Waals surface area contributed by atoms with Crippen LogP contribution in [0.25, 0.3) is 0 Å². The summed E-state index contributed by atoms with van der Waals surface area (Å²) >= 11 is 29.6. The predicted molar refractivity (Wildman–Crippen MR) is 91.7 cm³/mol. The summed E-state index contributed by atoms with van der Waals surface area (Å²) in [6.07, 6.45) is 1.46. The fraction of sp³-hybridized carbons (Fsp3) is 0. The molecule has 0 aliphatic rings. The van der Waals surface area contributed by atoms with Crippen LogP contribution < -0.4 is 5.43 Å². The molecule has 112 valence electrons. The van der Waals surface area contributed by atoms with Gasteiger partial charge in [0.25, 0.3) is 0 Å². The molecule has 1 N–H and O–H groups in total. The fourth-order valence-electron chi connectivity index (χ4n) is 1.45. The van der Waals surface area contributed by atoms with Crippen molar-refractivity contribution in [3.05, 3.63) is 54.6 Å². The van der Waals surface area contributed by atoms with Crippen molar-refractivity contribution in [1.29, 1.82) is 5.26 Å². The third-order valence-corrected chi connectivity index (χ3v) is 4.16. The lowest BCUT2D eigenvalue weighted by molar-refractivity contribution is 1.22. The van der Waals surface area contributed by atoms with Crippen molar-refractivity contribution in [2.75, 3.05) is 5.43 Å². The molecule has 0 saturated carbocycles. The van der Waals surface area contributed by atoms with Crippen LogP contribution in [0, 0.1) is 11.3 Å². The number of hydrazone groups is 1. The number of hydrogen-bond donors (Lipinski definition) is 1. The highest BCUT2D eigenvalue weighted by Gasteiger charge is 2.15. The van der Waals surface area contributed by atoms with Gasteiger partial charge in [-0.25, -0.2) is 4.98 Å². The quantitative estimate of drug-likeness (QED) is 0.415. The van der Waals surface area contributed by atoms with Gasteiger partial charge in [0, 0.05) is 10.6 Å². The summed E-state index contributed by atoms with van der Waals surface area (Å²) in [6, 6.07) is 6.78. The van der Waals surface area contributed by atoms with Gasteiger partial charge in [0.05, 0.1) is 16.3 Å². The van der Waals surface area contributed by atoms with E-state index in [2.05, 4.69) is 15.5 Å². The summed E-state index contributed by atoms with van der Waals surface area (Å²) in [7, 11) is 0. The highest BCUT2D eigenvalue weighted by atomic mass is 35.5. The Hall–Kier alpha value is -1.22. The van der Waals surface area contributed by atoms with Crippen molar-refractivity contribution in [2.45, 2.75) is 0 Å². The number of halogens is 5. The van der Waals surface area contributed by atoms with E-state index in [9.17, 15) is 0 Å². The number of pyridine rings is 1. The maximum atomic E-state index is 8.90. The second-order valence-corrected chi connectivity index (χ2v) is 5.86. The molecular formula is C13H5Cl5N4. The molecule has 0 unspecified atom stereocenters. The Morgan fingerprint density at radius 2 is 1.86 bits per heavy atom. The zero-order valence-electron chi connectivity index (χ0n) is 10.5. The molecule has 1 aromatic carbocycles. The SMILES string of the molecule is N#Cc1c(Cl)nc(N/N=C\c2ccc(Cl)cc2Cl)c(Cl)c1Cl. The molecule has 1 heterocycles. The Labute approximate surface area is 151 Å². The molecule has 0 saturated heterocycles. The molecule has 0 radical (unpaired) electrons. The summed E-state index contributed by atoms with van der Waals surface area (Å²) in [5, 5.41) is 13.8. The van der Waals surface area contributed by atoms with Crippen LogP contribution in [0.3, 0.4) is 0 Å². The van der Waals surface area contributed by atoms with Crippen LogP contribution in [0.15, 0.2) is 23.3 Å². The van der Waals surface area contributed by atoms with E-state index in [0.717, 1.165) is 0 Å². The van der Waals surface area contributed by atoms with E-state index in [1.165, 1.54) is 6.21 Å². The van der Waals surface area contributed by atoms with Crippen molar-refractivity contribution < 1.29 is 0 Å². The molecule has 1 aromatic heterocycles. The molecule has 0 aliphatic carbocycles. The molecule has 0 amide bonds. The smallest absolute Gasteiger partial charge is 0.168 e. The predicted octanol–water partition coefficient (Wildman–Crippen LogP) is 5.67. The fourth-order valence-corrected chi connectivity index (χ4v) is 2.57. The minimum absolute atomic E-state index is 0.00334. The van der Waals surface area contributed by atoms with Crippen molar-refractivity contribution in [3.8, 4) is 6.07 Å². The summed E-state index contributed by atoms with van der Waals surface area (Å²) in [4.78, 5) is 3.92. The third kappa shape index (κ3) is 3.75. The van der Waals surface area contributed by atoms with E-state index in [4.69, 9.17) is 63.3 Å². The van der Waals surface area contributed by atoms with Gasteiger partial charge in [-0.2, -0.15) is 10.4 Å². The first-order chi connectivity index (χ1) is 10.4. The molecule has 9 heteroatoms. The van der Waals surface area contributed by atoms with Crippen molar-refractivity contribution in [2.24, 2.45) is 5.10 Å². The first kappa shape index (κ1) is 17.1. The van der Waals surface area contributed by atoms with E-state index in [1.54, 1.807) is 18.2 Å². The molecule has 0 bridgehead atoms. The number of nitrogens with zero attached hydrogens (tertiary/aromatic N) is 3. The van der Waals surface area contributed by atoms with E-state index >= 15 is 0 Å². The Bertz CT molecular complexity index is 798. The zero-order chi connectivity index (χ0) is 16.3. The molecule has 22 heavy (non-hydrogen) atoms. The summed E-state index contributed by atoms with van der Waals surface area (Å²) in [5.74, 6) is 0.122. The Morgan fingerprint density at radius 3 is 2.50 bits per heavy atom. The molecule has 0 fully saturated rings. The van der Waals surface area contributed by atoms with Crippen molar-refractivity contribution in [1.82, 2.24) is 4.98 Å². The number of hydrogen-bond acceptors (Lipinski definition) is 4. The van der Waals surface area contributed by atoms with E-state index in [-0.39, 0.29) is 26.6 Å². The van der Waals surface area contributed by atoms with Gasteiger partial charge < -0.3 is 0 Å². The second-order valence-electron chi connectivity index (χ2n) is 3.90. The van der Waals surface area contributed by atoms with Gasteiger partial charge >= 0.3 is 0 Å². The molecule has 2 aromatic rings. The van der Waals surface area contributed by atoms with Gasteiger partial charge in [-0.05, 0) is 12.1 Å². The standard InChI is InChI=1S/C13H5Cl5N4/c14-7-2-1-6(9(15)3-7)5-20-22-13-11(17)10(16)8(4-19)12(18)21-13/h1-3,5H,(H,21,22)/b20-5-. The average molecular weight is 394 g/mol. The number of rotatable bonds is 3. The lowest BCUT2D eigenvalue weighted by Crippen LogP contribution is -1.98. The Kier molecular flexibility index (Phi) is 5.74.